The van der Waals surface area contributed by atoms with Crippen molar-refractivity contribution in [3.05, 3.63) is 57.5 Å². The molecule has 1 aromatic carbocycles. The van der Waals surface area contributed by atoms with Gasteiger partial charge in [0.15, 0.2) is 0 Å². The molecule has 2 aromatic rings. The Morgan fingerprint density at radius 1 is 1.29 bits per heavy atom. The van der Waals surface area contributed by atoms with Crippen molar-refractivity contribution in [2.75, 3.05) is 12.3 Å². The molecule has 0 bridgehead atoms. The van der Waals surface area contributed by atoms with E-state index in [-0.39, 0.29) is 5.56 Å². The van der Waals surface area contributed by atoms with Crippen LogP contribution >= 0.6 is 11.6 Å². The molecule has 0 saturated heterocycles. The van der Waals surface area contributed by atoms with E-state index in [2.05, 4.69) is 6.92 Å². The molecule has 2 rings (SSSR count). The predicted octanol–water partition coefficient (Wildman–Crippen LogP) is 3.12. The van der Waals surface area contributed by atoms with Crippen LogP contribution in [0.5, 0.6) is 5.75 Å². The Morgan fingerprint density at radius 2 is 2.10 bits per heavy atom. The second kappa shape index (κ2) is 7.18. The number of nitrogens with two attached hydrogens (primary N) is 1. The second-order valence-electron chi connectivity index (χ2n) is 4.80. The molecule has 21 heavy (non-hydrogen) atoms. The second-order valence-corrected chi connectivity index (χ2v) is 5.21. The van der Waals surface area contributed by atoms with E-state index in [1.807, 2.05) is 18.2 Å². The number of aromatic nitrogens is 1. The molecule has 4 nitrogen and oxygen atoms in total. The van der Waals surface area contributed by atoms with Gasteiger partial charge in [0.1, 0.15) is 5.75 Å². The Morgan fingerprint density at radius 3 is 2.86 bits per heavy atom. The van der Waals surface area contributed by atoms with Crippen molar-refractivity contribution in [3.63, 3.8) is 0 Å². The molecule has 0 unspecified atom stereocenters. The Balaban J connectivity index is 1.87. The number of nitrogens with zero attached hydrogens (tertiary/aromatic N) is 1. The Kier molecular flexibility index (Phi) is 5.28. The monoisotopic (exact) mass is 306 g/mol. The summed E-state index contributed by atoms with van der Waals surface area (Å²) in [4.78, 5) is 11.6. The van der Waals surface area contributed by atoms with E-state index in [1.54, 1.807) is 16.8 Å². The number of halogens is 1. The highest BCUT2D eigenvalue weighted by Gasteiger charge is 2.02. The lowest BCUT2D eigenvalue weighted by Gasteiger charge is -2.10. The smallest absolute Gasteiger partial charge is 0.250 e. The average Bonchev–Trinajstić information content (AvgIpc) is 2.48. The molecular formula is C16H19ClN2O2. The first-order chi connectivity index (χ1) is 10.1. The fraction of sp³-hybridized carbons (Fsp3) is 0.312. The molecule has 112 valence electrons. The molecule has 1 aromatic heterocycles. The quantitative estimate of drug-likeness (QED) is 0.834. The minimum absolute atomic E-state index is 0.0519. The molecule has 0 amide bonds. The van der Waals surface area contributed by atoms with E-state index in [9.17, 15) is 4.79 Å². The number of aryl methyl sites for hydroxylation is 2. The topological polar surface area (TPSA) is 57.2 Å². The SMILES string of the molecule is CCc1cc(OCCCn2cc(N)ccc2=O)ccc1Cl. The maximum Gasteiger partial charge on any atom is 0.250 e. The lowest BCUT2D eigenvalue weighted by molar-refractivity contribution is 0.300. The van der Waals surface area contributed by atoms with E-state index in [0.29, 0.717) is 18.8 Å². The van der Waals surface area contributed by atoms with E-state index < -0.39 is 0 Å². The minimum atomic E-state index is -0.0519. The van der Waals surface area contributed by atoms with Crippen LogP contribution in [-0.2, 0) is 13.0 Å². The number of nitrogen functional groups attached to an aromatic ring is 1. The van der Waals surface area contributed by atoms with Gasteiger partial charge in [0.2, 0.25) is 0 Å². The van der Waals surface area contributed by atoms with Crippen LogP contribution in [0.25, 0.3) is 0 Å². The molecule has 0 fully saturated rings. The molecule has 0 aliphatic rings. The normalized spacial score (nSPS) is 10.6. The van der Waals surface area contributed by atoms with Crippen molar-refractivity contribution in [2.45, 2.75) is 26.3 Å². The highest BCUT2D eigenvalue weighted by atomic mass is 35.5. The van der Waals surface area contributed by atoms with Crippen molar-refractivity contribution in [2.24, 2.45) is 0 Å². The van der Waals surface area contributed by atoms with Gasteiger partial charge >= 0.3 is 0 Å². The lowest BCUT2D eigenvalue weighted by atomic mass is 10.1. The third kappa shape index (κ3) is 4.26. The zero-order valence-corrected chi connectivity index (χ0v) is 12.8. The maximum absolute atomic E-state index is 11.6. The summed E-state index contributed by atoms with van der Waals surface area (Å²) in [6.07, 6.45) is 3.25. The van der Waals surface area contributed by atoms with Gasteiger partial charge in [-0.3, -0.25) is 4.79 Å². The maximum atomic E-state index is 11.6. The van der Waals surface area contributed by atoms with E-state index in [4.69, 9.17) is 22.1 Å². The van der Waals surface area contributed by atoms with Crippen molar-refractivity contribution in [3.8, 4) is 5.75 Å². The Bertz CT molecular complexity index is 668. The first-order valence-electron chi connectivity index (χ1n) is 6.97. The van der Waals surface area contributed by atoms with Gasteiger partial charge in [-0.2, -0.15) is 0 Å². The van der Waals surface area contributed by atoms with Gasteiger partial charge in [0, 0.05) is 29.5 Å². The van der Waals surface area contributed by atoms with E-state index >= 15 is 0 Å². The summed E-state index contributed by atoms with van der Waals surface area (Å²) >= 11 is 6.06. The zero-order valence-electron chi connectivity index (χ0n) is 12.0. The average molecular weight is 307 g/mol. The van der Waals surface area contributed by atoms with Gasteiger partial charge in [-0.1, -0.05) is 18.5 Å². The molecule has 5 heteroatoms. The van der Waals surface area contributed by atoms with Crippen LogP contribution in [0, 0.1) is 0 Å². The largest absolute Gasteiger partial charge is 0.494 e. The van der Waals surface area contributed by atoms with Crippen molar-refractivity contribution < 1.29 is 4.74 Å². The van der Waals surface area contributed by atoms with Crippen LogP contribution < -0.4 is 16.0 Å². The highest BCUT2D eigenvalue weighted by molar-refractivity contribution is 6.31. The number of hydrogen-bond acceptors (Lipinski definition) is 3. The Labute approximate surface area is 129 Å². The minimum Gasteiger partial charge on any atom is -0.494 e. The van der Waals surface area contributed by atoms with Gasteiger partial charge < -0.3 is 15.0 Å². The number of pyridine rings is 1. The molecular weight excluding hydrogens is 288 g/mol. The molecule has 0 aliphatic heterocycles. The zero-order chi connectivity index (χ0) is 15.2. The van der Waals surface area contributed by atoms with Crippen LogP contribution in [0.3, 0.4) is 0 Å². The molecule has 2 N–H and O–H groups in total. The van der Waals surface area contributed by atoms with Crippen molar-refractivity contribution in [1.29, 1.82) is 0 Å². The summed E-state index contributed by atoms with van der Waals surface area (Å²) in [5.41, 5.74) is 7.27. The number of hydrogen-bond donors (Lipinski definition) is 1. The molecule has 0 spiro atoms. The van der Waals surface area contributed by atoms with Gasteiger partial charge in [0.25, 0.3) is 5.56 Å². The van der Waals surface area contributed by atoms with Crippen molar-refractivity contribution in [1.82, 2.24) is 4.57 Å². The van der Waals surface area contributed by atoms with Gasteiger partial charge in [-0.15, -0.1) is 0 Å². The first-order valence-corrected chi connectivity index (χ1v) is 7.35. The van der Waals surface area contributed by atoms with E-state index in [0.717, 1.165) is 29.2 Å². The van der Waals surface area contributed by atoms with Crippen LogP contribution in [0.2, 0.25) is 5.02 Å². The summed E-state index contributed by atoms with van der Waals surface area (Å²) in [7, 11) is 0. The van der Waals surface area contributed by atoms with Crippen LogP contribution in [-0.4, -0.2) is 11.2 Å². The molecule has 0 radical (unpaired) electrons. The predicted molar refractivity (Wildman–Crippen MR) is 86.1 cm³/mol. The summed E-state index contributed by atoms with van der Waals surface area (Å²) in [6, 6.07) is 8.74. The third-order valence-corrected chi connectivity index (χ3v) is 3.59. The fourth-order valence-electron chi connectivity index (χ4n) is 2.06. The molecule has 0 aliphatic carbocycles. The summed E-state index contributed by atoms with van der Waals surface area (Å²) < 4.78 is 7.29. The first kappa shape index (κ1) is 15.4. The number of anilines is 1. The number of ether oxygens (including phenoxy) is 1. The van der Waals surface area contributed by atoms with Crippen LogP contribution in [0.15, 0.2) is 41.3 Å². The standard InChI is InChI=1S/C16H19ClN2O2/c1-2-12-10-14(5-6-15(12)17)21-9-3-8-19-11-13(18)4-7-16(19)20/h4-7,10-11H,2-3,8-9,18H2,1H3. The van der Waals surface area contributed by atoms with Gasteiger partial charge in [0.05, 0.1) is 6.61 Å². The van der Waals surface area contributed by atoms with Crippen molar-refractivity contribution >= 4 is 17.3 Å². The molecule has 0 atom stereocenters. The Hall–Kier alpha value is -1.94. The molecule has 0 saturated carbocycles. The summed E-state index contributed by atoms with van der Waals surface area (Å²) in [5.74, 6) is 0.802. The number of benzene rings is 1. The van der Waals surface area contributed by atoms with Crippen LogP contribution in [0.4, 0.5) is 5.69 Å². The lowest BCUT2D eigenvalue weighted by Crippen LogP contribution is -2.20. The highest BCUT2D eigenvalue weighted by Crippen LogP contribution is 2.22. The van der Waals surface area contributed by atoms with Gasteiger partial charge in [-0.05, 0) is 42.7 Å². The summed E-state index contributed by atoms with van der Waals surface area (Å²) in [5, 5.41) is 0.760. The molecule has 1 heterocycles. The van der Waals surface area contributed by atoms with Gasteiger partial charge in [-0.25, -0.2) is 0 Å². The van der Waals surface area contributed by atoms with E-state index in [1.165, 1.54) is 6.07 Å². The number of rotatable bonds is 6. The third-order valence-electron chi connectivity index (χ3n) is 3.22. The van der Waals surface area contributed by atoms with Crippen LogP contribution in [0.1, 0.15) is 18.9 Å². The summed E-state index contributed by atoms with van der Waals surface area (Å²) in [6.45, 7) is 3.17. The fourth-order valence-corrected chi connectivity index (χ4v) is 2.31.